The summed E-state index contributed by atoms with van der Waals surface area (Å²) < 4.78 is 5.46. The Morgan fingerprint density at radius 3 is 2.61 bits per heavy atom. The van der Waals surface area contributed by atoms with Crippen molar-refractivity contribution in [1.29, 1.82) is 0 Å². The van der Waals surface area contributed by atoms with Gasteiger partial charge in [-0.1, -0.05) is 54.3 Å². The summed E-state index contributed by atoms with van der Waals surface area (Å²) in [5.41, 5.74) is 1.58. The first kappa shape index (κ1) is 22.3. The Kier molecular flexibility index (Phi) is 6.56. The van der Waals surface area contributed by atoms with Gasteiger partial charge in [-0.15, -0.1) is 0 Å². The van der Waals surface area contributed by atoms with Crippen molar-refractivity contribution in [3.8, 4) is 5.75 Å². The quantitative estimate of drug-likeness (QED) is 0.235. The van der Waals surface area contributed by atoms with Gasteiger partial charge >= 0.3 is 0 Å². The lowest BCUT2D eigenvalue weighted by molar-refractivity contribution is -0.378. The van der Waals surface area contributed by atoms with Gasteiger partial charge in [0.2, 0.25) is 5.78 Å². The van der Waals surface area contributed by atoms with Gasteiger partial charge in [0.05, 0.1) is 12.6 Å². The summed E-state index contributed by atoms with van der Waals surface area (Å²) in [6, 6.07) is 16.1. The van der Waals surface area contributed by atoms with E-state index in [9.17, 15) is 14.7 Å². The van der Waals surface area contributed by atoms with E-state index in [-0.39, 0.29) is 12.1 Å². The zero-order valence-electron chi connectivity index (χ0n) is 17.7. The van der Waals surface area contributed by atoms with Crippen LogP contribution in [0.25, 0.3) is 5.76 Å². The second kappa shape index (κ2) is 9.71. The van der Waals surface area contributed by atoms with E-state index in [1.807, 2.05) is 6.07 Å². The number of hydrogen-bond acceptors (Lipinski definition) is 4. The lowest BCUT2D eigenvalue weighted by Gasteiger charge is -2.27. The van der Waals surface area contributed by atoms with Crippen LogP contribution < -0.4 is 14.8 Å². The molecule has 2 heterocycles. The van der Waals surface area contributed by atoms with E-state index in [2.05, 4.69) is 11.6 Å². The molecule has 1 aliphatic heterocycles. The monoisotopic (exact) mass is 460 g/mol. The molecule has 1 aromatic heterocycles. The van der Waals surface area contributed by atoms with E-state index in [4.69, 9.17) is 16.3 Å². The number of pyridine rings is 1. The fourth-order valence-electron chi connectivity index (χ4n) is 3.80. The Labute approximate surface area is 196 Å². The van der Waals surface area contributed by atoms with Crippen LogP contribution in [-0.2, 0) is 16.1 Å². The lowest BCUT2D eigenvalue weighted by atomic mass is 9.95. The smallest absolute Gasteiger partial charge is 0.295 e. The number of ketones is 1. The first-order chi connectivity index (χ1) is 16.0. The number of aromatic nitrogens is 1. The molecule has 3 aromatic rings. The Hall–Kier alpha value is -3.90. The molecule has 1 amide bonds. The van der Waals surface area contributed by atoms with E-state index < -0.39 is 23.5 Å². The van der Waals surface area contributed by atoms with E-state index in [0.29, 0.717) is 28.5 Å². The molecule has 0 bridgehead atoms. The highest BCUT2D eigenvalue weighted by Gasteiger charge is 2.44. The zero-order valence-corrected chi connectivity index (χ0v) is 18.4. The Bertz CT molecular complexity index is 1220. The number of rotatable bonds is 7. The van der Waals surface area contributed by atoms with E-state index >= 15 is 0 Å². The fraction of sp³-hybridized carbons (Fsp3) is 0.115. The molecular formula is C26H21ClN2O4. The average Bonchev–Trinajstić information content (AvgIpc) is 3.08. The molecule has 166 valence electrons. The second-order valence-corrected chi connectivity index (χ2v) is 7.93. The molecule has 1 fully saturated rings. The van der Waals surface area contributed by atoms with Crippen LogP contribution in [0.1, 0.15) is 22.7 Å². The number of carbonyl (C=O) groups excluding carboxylic acids is 2. The van der Waals surface area contributed by atoms with Gasteiger partial charge in [-0.05, 0) is 41.5 Å². The van der Waals surface area contributed by atoms with Crippen molar-refractivity contribution in [2.24, 2.45) is 0 Å². The molecule has 0 aliphatic carbocycles. The number of hydrogen-bond donors (Lipinski definition) is 0. The van der Waals surface area contributed by atoms with Crippen molar-refractivity contribution in [3.63, 3.8) is 0 Å². The normalized spacial score (nSPS) is 17.2. The summed E-state index contributed by atoms with van der Waals surface area (Å²) in [4.78, 5) is 30.5. The third kappa shape index (κ3) is 4.66. The highest BCUT2D eigenvalue weighted by molar-refractivity contribution is 6.46. The van der Waals surface area contributed by atoms with Crippen molar-refractivity contribution < 1.29 is 24.4 Å². The summed E-state index contributed by atoms with van der Waals surface area (Å²) in [5, 5.41) is 13.9. The molecule has 2 aromatic carbocycles. The number of H-pyrrole nitrogens is 1. The predicted molar refractivity (Wildman–Crippen MR) is 122 cm³/mol. The van der Waals surface area contributed by atoms with Crippen LogP contribution in [0.3, 0.4) is 0 Å². The molecule has 0 spiro atoms. The van der Waals surface area contributed by atoms with Crippen molar-refractivity contribution in [3.05, 3.63) is 113 Å². The van der Waals surface area contributed by atoms with E-state index in [1.165, 1.54) is 4.90 Å². The van der Waals surface area contributed by atoms with Crippen LogP contribution in [0.2, 0.25) is 5.02 Å². The molecular weight excluding hydrogens is 440 g/mol. The molecule has 1 saturated heterocycles. The molecule has 1 atom stereocenters. The third-order valence-electron chi connectivity index (χ3n) is 5.30. The van der Waals surface area contributed by atoms with Crippen LogP contribution >= 0.6 is 11.6 Å². The first-order valence-corrected chi connectivity index (χ1v) is 10.7. The van der Waals surface area contributed by atoms with Crippen molar-refractivity contribution >= 4 is 29.1 Å². The number of nitrogens with one attached hydrogen (secondary N) is 1. The van der Waals surface area contributed by atoms with Gasteiger partial charge in [-0.25, -0.2) is 4.98 Å². The summed E-state index contributed by atoms with van der Waals surface area (Å²) in [6.07, 6.45) is 5.11. The van der Waals surface area contributed by atoms with Crippen LogP contribution in [0.5, 0.6) is 5.75 Å². The largest absolute Gasteiger partial charge is 0.872 e. The molecule has 0 radical (unpaired) electrons. The minimum absolute atomic E-state index is 0.0954. The zero-order chi connectivity index (χ0) is 23.4. The summed E-state index contributed by atoms with van der Waals surface area (Å²) in [5.74, 6) is -1.47. The van der Waals surface area contributed by atoms with E-state index in [0.717, 1.165) is 5.56 Å². The molecule has 33 heavy (non-hydrogen) atoms. The maximum Gasteiger partial charge on any atom is 0.295 e. The minimum atomic E-state index is -0.854. The first-order valence-electron chi connectivity index (χ1n) is 10.3. The number of aromatic amines is 1. The molecule has 6 nitrogen and oxygen atoms in total. The molecule has 0 saturated carbocycles. The summed E-state index contributed by atoms with van der Waals surface area (Å²) >= 11 is 6.20. The van der Waals surface area contributed by atoms with Gasteiger partial charge in [0.1, 0.15) is 12.4 Å². The Morgan fingerprint density at radius 2 is 1.94 bits per heavy atom. The topological polar surface area (TPSA) is 83.8 Å². The lowest BCUT2D eigenvalue weighted by Crippen LogP contribution is -2.29. The van der Waals surface area contributed by atoms with Gasteiger partial charge in [0, 0.05) is 22.2 Å². The minimum Gasteiger partial charge on any atom is -0.872 e. The fourth-order valence-corrected chi connectivity index (χ4v) is 3.99. The molecule has 4 rings (SSSR count). The van der Waals surface area contributed by atoms with Crippen LogP contribution in [0, 0.1) is 0 Å². The standard InChI is InChI=1S/C26H21ClN2O4/c1-2-13-33-21-10-8-18(9-11-21)24(30)22-23(19-6-3-7-20(27)14-19)29(26(32)25(22)31)16-17-5-4-12-28-15-17/h2-12,14-15,23,30H,1,13,16H2. The highest BCUT2D eigenvalue weighted by atomic mass is 35.5. The van der Waals surface area contributed by atoms with Crippen LogP contribution in [0.15, 0.2) is 91.3 Å². The number of halogens is 1. The number of nitrogens with zero attached hydrogens (tertiary/aromatic N) is 1. The SMILES string of the molecule is C=CCOc1ccc(C([O-])=C2C(=O)C(=O)N(Cc3ccc[nH+]c3)C2c2cccc(Cl)c2)cc1. The van der Waals surface area contributed by atoms with Gasteiger partial charge in [-0.2, -0.15) is 0 Å². The predicted octanol–water partition coefficient (Wildman–Crippen LogP) is 3.14. The van der Waals surface area contributed by atoms with Gasteiger partial charge in [-0.3, -0.25) is 9.59 Å². The molecule has 1 aliphatic rings. The number of carbonyl (C=O) groups is 2. The van der Waals surface area contributed by atoms with Gasteiger partial charge in [0.25, 0.3) is 5.91 Å². The Balaban J connectivity index is 1.79. The van der Waals surface area contributed by atoms with Gasteiger partial charge < -0.3 is 14.7 Å². The number of likely N-dealkylation sites (tertiary alicyclic amines) is 1. The van der Waals surface area contributed by atoms with Crippen LogP contribution in [0.4, 0.5) is 0 Å². The number of benzene rings is 2. The maximum absolute atomic E-state index is 13.5. The molecule has 1 unspecified atom stereocenters. The third-order valence-corrected chi connectivity index (χ3v) is 5.54. The highest BCUT2D eigenvalue weighted by Crippen LogP contribution is 2.40. The number of amides is 1. The van der Waals surface area contributed by atoms with Crippen molar-refractivity contribution in [1.82, 2.24) is 4.90 Å². The maximum atomic E-state index is 13.5. The number of Topliss-reactive ketones (excluding diaryl/α,β-unsaturated/α-hetero) is 1. The summed E-state index contributed by atoms with van der Waals surface area (Å²) in [6.45, 7) is 4.09. The summed E-state index contributed by atoms with van der Waals surface area (Å²) in [7, 11) is 0. The van der Waals surface area contributed by atoms with Gasteiger partial charge in [0.15, 0.2) is 12.4 Å². The number of ether oxygens (including phenoxy) is 1. The molecule has 7 heteroatoms. The molecule has 1 N–H and O–H groups in total. The van der Waals surface area contributed by atoms with Crippen molar-refractivity contribution in [2.75, 3.05) is 6.61 Å². The average molecular weight is 461 g/mol. The second-order valence-electron chi connectivity index (χ2n) is 7.50. The van der Waals surface area contributed by atoms with E-state index in [1.54, 1.807) is 73.1 Å². The Morgan fingerprint density at radius 1 is 1.15 bits per heavy atom. The van der Waals surface area contributed by atoms with Crippen molar-refractivity contribution in [2.45, 2.75) is 12.6 Å². The van der Waals surface area contributed by atoms with Crippen LogP contribution in [-0.4, -0.2) is 23.2 Å².